The van der Waals surface area contributed by atoms with Gasteiger partial charge in [0.2, 0.25) is 0 Å². The summed E-state index contributed by atoms with van der Waals surface area (Å²) in [7, 11) is 0. The Morgan fingerprint density at radius 2 is 1.59 bits per heavy atom. The maximum atomic E-state index is 13.5. The smallest absolute Gasteiger partial charge is 0.154 e. The van der Waals surface area contributed by atoms with Crippen molar-refractivity contribution in [1.82, 2.24) is 0 Å². The number of hydrogen-bond acceptors (Lipinski definition) is 2. The van der Waals surface area contributed by atoms with E-state index in [1.54, 1.807) is 12.1 Å². The van der Waals surface area contributed by atoms with Crippen LogP contribution in [-0.2, 0) is 5.41 Å². The van der Waals surface area contributed by atoms with E-state index in [0.29, 0.717) is 17.7 Å². The SMILES string of the molecule is CC(C)(C)c1ccc(O)c(C=Nc2c(F)cc(F)cc2F)c1. The second kappa shape index (κ2) is 5.83. The van der Waals surface area contributed by atoms with Crippen LogP contribution in [0.1, 0.15) is 31.9 Å². The quantitative estimate of drug-likeness (QED) is 0.790. The molecule has 0 radical (unpaired) electrons. The predicted octanol–water partition coefficient (Wildman–Crippen LogP) is 4.86. The number of phenolic OH excluding ortho intramolecular Hbond substituents is 1. The van der Waals surface area contributed by atoms with Crippen molar-refractivity contribution < 1.29 is 18.3 Å². The van der Waals surface area contributed by atoms with Gasteiger partial charge >= 0.3 is 0 Å². The average Bonchev–Trinajstić information content (AvgIpc) is 2.38. The van der Waals surface area contributed by atoms with Crippen LogP contribution in [0.5, 0.6) is 5.75 Å². The molecule has 0 aliphatic carbocycles. The van der Waals surface area contributed by atoms with E-state index in [1.165, 1.54) is 6.07 Å². The van der Waals surface area contributed by atoms with Gasteiger partial charge in [-0.25, -0.2) is 18.2 Å². The van der Waals surface area contributed by atoms with Gasteiger partial charge < -0.3 is 5.11 Å². The number of halogens is 3. The maximum Gasteiger partial charge on any atom is 0.154 e. The molecule has 0 aromatic heterocycles. The van der Waals surface area contributed by atoms with Crippen LogP contribution in [0.25, 0.3) is 0 Å². The van der Waals surface area contributed by atoms with Crippen molar-refractivity contribution in [3.8, 4) is 5.75 Å². The summed E-state index contributed by atoms with van der Waals surface area (Å²) < 4.78 is 39.9. The molecule has 0 fully saturated rings. The molecule has 0 unspecified atom stereocenters. The molecular weight excluding hydrogens is 291 g/mol. The zero-order chi connectivity index (χ0) is 16.5. The monoisotopic (exact) mass is 307 g/mol. The molecule has 2 aromatic rings. The van der Waals surface area contributed by atoms with Gasteiger partial charge in [-0.05, 0) is 23.1 Å². The Labute approximate surface area is 126 Å². The second-order valence-corrected chi connectivity index (χ2v) is 6.00. The van der Waals surface area contributed by atoms with Crippen molar-refractivity contribution in [3.63, 3.8) is 0 Å². The van der Waals surface area contributed by atoms with Crippen LogP contribution < -0.4 is 0 Å². The van der Waals surface area contributed by atoms with Gasteiger partial charge in [0.05, 0.1) is 0 Å². The first-order chi connectivity index (χ1) is 10.2. The predicted molar refractivity (Wildman–Crippen MR) is 80.4 cm³/mol. The fourth-order valence-corrected chi connectivity index (χ4v) is 1.92. The molecule has 0 saturated heterocycles. The summed E-state index contributed by atoms with van der Waals surface area (Å²) >= 11 is 0. The summed E-state index contributed by atoms with van der Waals surface area (Å²) in [6.07, 6.45) is 1.16. The fourth-order valence-electron chi connectivity index (χ4n) is 1.92. The van der Waals surface area contributed by atoms with E-state index in [1.807, 2.05) is 20.8 Å². The Morgan fingerprint density at radius 1 is 1.00 bits per heavy atom. The molecule has 22 heavy (non-hydrogen) atoms. The van der Waals surface area contributed by atoms with Gasteiger partial charge in [0.15, 0.2) is 11.6 Å². The molecule has 0 atom stereocenters. The molecule has 0 amide bonds. The standard InChI is InChI=1S/C17H16F3NO/c1-17(2,3)11-4-5-15(22)10(6-11)9-21-16-13(19)7-12(18)8-14(16)20/h4-9,22H,1-3H3. The molecule has 0 aliphatic rings. The van der Waals surface area contributed by atoms with E-state index >= 15 is 0 Å². The number of benzene rings is 2. The minimum Gasteiger partial charge on any atom is -0.507 e. The Morgan fingerprint density at radius 3 is 2.14 bits per heavy atom. The second-order valence-electron chi connectivity index (χ2n) is 6.00. The highest BCUT2D eigenvalue weighted by Gasteiger charge is 2.15. The minimum atomic E-state index is -1.10. The number of aliphatic imine (C=N–C) groups is 1. The highest BCUT2D eigenvalue weighted by atomic mass is 19.1. The zero-order valence-corrected chi connectivity index (χ0v) is 12.5. The molecule has 0 heterocycles. The third kappa shape index (κ3) is 3.47. The molecule has 0 bridgehead atoms. The highest BCUT2D eigenvalue weighted by molar-refractivity contribution is 5.85. The first kappa shape index (κ1) is 16.1. The van der Waals surface area contributed by atoms with E-state index < -0.39 is 23.1 Å². The third-order valence-electron chi connectivity index (χ3n) is 3.21. The lowest BCUT2D eigenvalue weighted by Gasteiger charge is -2.19. The fraction of sp³-hybridized carbons (Fsp3) is 0.235. The van der Waals surface area contributed by atoms with Crippen LogP contribution in [0, 0.1) is 17.5 Å². The Balaban J connectivity index is 2.43. The lowest BCUT2D eigenvalue weighted by Crippen LogP contribution is -2.11. The Bertz CT molecular complexity index is 710. The van der Waals surface area contributed by atoms with Crippen molar-refractivity contribution >= 4 is 11.9 Å². The van der Waals surface area contributed by atoms with Gasteiger partial charge in [0, 0.05) is 23.9 Å². The molecular formula is C17H16F3NO. The number of phenols is 1. The molecule has 1 N–H and O–H groups in total. The van der Waals surface area contributed by atoms with E-state index in [0.717, 1.165) is 11.8 Å². The van der Waals surface area contributed by atoms with Gasteiger partial charge in [0.25, 0.3) is 0 Å². The summed E-state index contributed by atoms with van der Waals surface area (Å²) in [5, 5.41) is 9.82. The first-order valence-electron chi connectivity index (χ1n) is 6.70. The van der Waals surface area contributed by atoms with E-state index in [4.69, 9.17) is 0 Å². The van der Waals surface area contributed by atoms with Crippen molar-refractivity contribution in [2.75, 3.05) is 0 Å². The third-order valence-corrected chi connectivity index (χ3v) is 3.21. The van der Waals surface area contributed by atoms with Crippen molar-refractivity contribution in [1.29, 1.82) is 0 Å². The van der Waals surface area contributed by atoms with Gasteiger partial charge in [-0.15, -0.1) is 0 Å². The van der Waals surface area contributed by atoms with Crippen molar-refractivity contribution in [3.05, 3.63) is 58.9 Å². The van der Waals surface area contributed by atoms with Gasteiger partial charge in [0.1, 0.15) is 17.3 Å². The number of nitrogens with zero attached hydrogens (tertiary/aromatic N) is 1. The summed E-state index contributed by atoms with van der Waals surface area (Å²) in [4.78, 5) is 3.70. The van der Waals surface area contributed by atoms with Crippen molar-refractivity contribution in [2.45, 2.75) is 26.2 Å². The first-order valence-corrected chi connectivity index (χ1v) is 6.70. The zero-order valence-electron chi connectivity index (χ0n) is 12.5. The van der Waals surface area contributed by atoms with Crippen LogP contribution in [0.4, 0.5) is 18.9 Å². The lowest BCUT2D eigenvalue weighted by atomic mass is 9.86. The lowest BCUT2D eigenvalue weighted by molar-refractivity contribution is 0.473. The van der Waals surface area contributed by atoms with Crippen LogP contribution in [0.3, 0.4) is 0 Å². The molecule has 116 valence electrons. The van der Waals surface area contributed by atoms with Crippen LogP contribution in [0.15, 0.2) is 35.3 Å². The summed E-state index contributed by atoms with van der Waals surface area (Å²) in [5.74, 6) is -3.26. The van der Waals surface area contributed by atoms with Crippen LogP contribution in [0.2, 0.25) is 0 Å². The average molecular weight is 307 g/mol. The molecule has 0 saturated carbocycles. The minimum absolute atomic E-state index is 0.0559. The molecule has 2 aromatic carbocycles. The van der Waals surface area contributed by atoms with E-state index in [9.17, 15) is 18.3 Å². The maximum absolute atomic E-state index is 13.5. The van der Waals surface area contributed by atoms with Crippen molar-refractivity contribution in [2.24, 2.45) is 4.99 Å². The Hall–Kier alpha value is -2.30. The normalized spacial score (nSPS) is 12.1. The molecule has 0 aliphatic heterocycles. The van der Waals surface area contributed by atoms with Gasteiger partial charge in [-0.2, -0.15) is 0 Å². The van der Waals surface area contributed by atoms with Gasteiger partial charge in [-0.1, -0.05) is 26.8 Å². The molecule has 5 heteroatoms. The summed E-state index contributed by atoms with van der Waals surface area (Å²) in [5.41, 5.74) is 0.521. The van der Waals surface area contributed by atoms with Crippen LogP contribution in [-0.4, -0.2) is 11.3 Å². The number of hydrogen-bond donors (Lipinski definition) is 1. The van der Waals surface area contributed by atoms with E-state index in [-0.39, 0.29) is 11.2 Å². The largest absolute Gasteiger partial charge is 0.507 e. The summed E-state index contributed by atoms with van der Waals surface area (Å²) in [6, 6.07) is 6.07. The highest BCUT2D eigenvalue weighted by Crippen LogP contribution is 2.28. The number of rotatable bonds is 2. The molecule has 2 nitrogen and oxygen atoms in total. The van der Waals surface area contributed by atoms with Crippen LogP contribution >= 0.6 is 0 Å². The topological polar surface area (TPSA) is 32.6 Å². The molecule has 2 rings (SSSR count). The van der Waals surface area contributed by atoms with E-state index in [2.05, 4.69) is 4.99 Å². The Kier molecular flexibility index (Phi) is 4.26. The van der Waals surface area contributed by atoms with Gasteiger partial charge in [-0.3, -0.25) is 0 Å². The molecule has 0 spiro atoms. The summed E-state index contributed by atoms with van der Waals surface area (Å²) in [6.45, 7) is 6.00. The number of aromatic hydroxyl groups is 1.